The second-order valence-electron chi connectivity index (χ2n) is 8.07. The molecule has 0 spiro atoms. The van der Waals surface area contributed by atoms with Gasteiger partial charge in [-0.15, -0.1) is 0 Å². The normalized spacial score (nSPS) is 19.9. The minimum atomic E-state index is 0.852. The van der Waals surface area contributed by atoms with Gasteiger partial charge in [0.05, 0.1) is 0 Å². The highest BCUT2D eigenvalue weighted by molar-refractivity contribution is 5.89. The average molecular weight is 357 g/mol. The van der Waals surface area contributed by atoms with Gasteiger partial charge in [-0.3, -0.25) is 0 Å². The molecule has 1 aliphatic carbocycles. The third kappa shape index (κ3) is 3.23. The molecule has 3 aromatic carbocycles. The molecule has 2 aliphatic heterocycles. The highest BCUT2D eigenvalue weighted by Gasteiger charge is 2.24. The maximum absolute atomic E-state index is 3.56. The summed E-state index contributed by atoms with van der Waals surface area (Å²) in [5.41, 5.74) is 7.54. The van der Waals surface area contributed by atoms with Gasteiger partial charge in [0.1, 0.15) is 0 Å². The molecule has 0 saturated carbocycles. The summed E-state index contributed by atoms with van der Waals surface area (Å²) in [6.45, 7) is 3.18. The second kappa shape index (κ2) is 7.36. The van der Waals surface area contributed by atoms with Gasteiger partial charge in [-0.1, -0.05) is 48.5 Å². The molecule has 2 heterocycles. The van der Waals surface area contributed by atoms with Crippen LogP contribution >= 0.6 is 0 Å². The number of aryl methyl sites for hydroxylation is 1. The van der Waals surface area contributed by atoms with Crippen LogP contribution in [0.25, 0.3) is 10.8 Å². The molecule has 1 atom stereocenters. The van der Waals surface area contributed by atoms with E-state index in [-0.39, 0.29) is 0 Å². The molecule has 2 N–H and O–H groups in total. The Morgan fingerprint density at radius 1 is 0.741 bits per heavy atom. The van der Waals surface area contributed by atoms with Crippen molar-refractivity contribution in [3.63, 3.8) is 0 Å². The molecule has 3 aliphatic rings. The first-order valence-corrected chi connectivity index (χ1v) is 10.5. The van der Waals surface area contributed by atoms with Gasteiger partial charge in [0, 0.05) is 25.3 Å². The van der Waals surface area contributed by atoms with Crippen LogP contribution in [0, 0.1) is 0 Å². The van der Waals surface area contributed by atoms with E-state index in [1.165, 1.54) is 59.7 Å². The summed E-state index contributed by atoms with van der Waals surface area (Å²) in [4.78, 5) is 0. The monoisotopic (exact) mass is 356 g/mol. The summed E-state index contributed by atoms with van der Waals surface area (Å²) in [5, 5.41) is 9.80. The molecule has 0 amide bonds. The van der Waals surface area contributed by atoms with Crippen LogP contribution in [0.1, 0.15) is 53.9 Å². The van der Waals surface area contributed by atoms with Crippen molar-refractivity contribution in [3.8, 4) is 0 Å². The molecule has 27 heavy (non-hydrogen) atoms. The van der Waals surface area contributed by atoms with Crippen LogP contribution in [0.4, 0.5) is 5.69 Å². The fourth-order valence-electron chi connectivity index (χ4n) is 5.14. The Bertz CT molecular complexity index is 921. The summed E-state index contributed by atoms with van der Waals surface area (Å²) in [7, 11) is 0. The zero-order valence-corrected chi connectivity index (χ0v) is 15.9. The van der Waals surface area contributed by atoms with E-state index >= 15 is 0 Å². The lowest BCUT2D eigenvalue weighted by atomic mass is 9.80. The quantitative estimate of drug-likeness (QED) is 0.535. The summed E-state index contributed by atoms with van der Waals surface area (Å²) in [6, 6.07) is 19.8. The molecule has 138 valence electrons. The molecule has 3 aromatic rings. The van der Waals surface area contributed by atoms with E-state index in [0.717, 1.165) is 25.6 Å². The van der Waals surface area contributed by atoms with Gasteiger partial charge in [-0.25, -0.2) is 0 Å². The van der Waals surface area contributed by atoms with Crippen molar-refractivity contribution in [1.29, 1.82) is 0 Å². The van der Waals surface area contributed by atoms with Gasteiger partial charge < -0.3 is 10.6 Å². The largest absolute Gasteiger partial charge is 0.385 e. The second-order valence-corrected chi connectivity index (χ2v) is 8.07. The summed E-state index contributed by atoms with van der Waals surface area (Å²) in [5.74, 6) is 0.852. The van der Waals surface area contributed by atoms with E-state index in [1.54, 1.807) is 11.1 Å². The topological polar surface area (TPSA) is 24.1 Å². The highest BCUT2D eigenvalue weighted by atomic mass is 14.9. The Labute approximate surface area is 162 Å². The number of rotatable bonds is 0. The smallest absolute Gasteiger partial charge is 0.0378 e. The van der Waals surface area contributed by atoms with Crippen molar-refractivity contribution >= 4 is 16.5 Å². The van der Waals surface area contributed by atoms with Crippen molar-refractivity contribution < 1.29 is 0 Å². The number of anilines is 1. The summed E-state index contributed by atoms with van der Waals surface area (Å²) >= 11 is 0. The molecule has 0 bridgehead atoms. The zero-order valence-electron chi connectivity index (χ0n) is 15.9. The fraction of sp³-hybridized carbons (Fsp3) is 0.360. The van der Waals surface area contributed by atoms with E-state index in [0.29, 0.717) is 0 Å². The Morgan fingerprint density at radius 3 is 2.26 bits per heavy atom. The number of hydrogen-bond donors (Lipinski definition) is 2. The third-order valence-electron chi connectivity index (χ3n) is 6.36. The molecule has 0 radical (unpaired) electrons. The lowest BCUT2D eigenvalue weighted by Crippen LogP contribution is -2.18. The highest BCUT2D eigenvalue weighted by Crippen LogP contribution is 2.40. The average Bonchev–Trinajstić information content (AvgIpc) is 2.94. The molecule has 0 fully saturated rings. The molecule has 1 unspecified atom stereocenters. The van der Waals surface area contributed by atoms with Gasteiger partial charge >= 0.3 is 0 Å². The summed E-state index contributed by atoms with van der Waals surface area (Å²) < 4.78 is 0. The standard InChI is InChI=1S/C13H17N.C12H11N/c1-4-10-6-2-8-12-13(10)11(5-1)7-3-9-14-12;1-3-9-4-2-6-11-8-13-7-10(5-1)12(9)11/h2,6,8,11,14H,1,3-5,7,9H2;1-6,13H,7-8H2. The first-order valence-electron chi connectivity index (χ1n) is 10.5. The number of hydrogen-bond acceptors (Lipinski definition) is 2. The Morgan fingerprint density at radius 2 is 1.44 bits per heavy atom. The number of nitrogens with one attached hydrogen (secondary N) is 2. The Balaban J connectivity index is 0.000000119. The zero-order chi connectivity index (χ0) is 18.1. The predicted octanol–water partition coefficient (Wildman–Crippen LogP) is 5.76. The van der Waals surface area contributed by atoms with E-state index in [4.69, 9.17) is 0 Å². The Kier molecular flexibility index (Phi) is 4.59. The molecule has 2 heteroatoms. The van der Waals surface area contributed by atoms with Gasteiger partial charge in [-0.2, -0.15) is 0 Å². The van der Waals surface area contributed by atoms with Crippen LogP contribution in [0.3, 0.4) is 0 Å². The molecule has 2 nitrogen and oxygen atoms in total. The van der Waals surface area contributed by atoms with Crippen molar-refractivity contribution in [2.24, 2.45) is 0 Å². The maximum Gasteiger partial charge on any atom is 0.0378 e. The first-order chi connectivity index (χ1) is 13.4. The Hall–Kier alpha value is -2.32. The van der Waals surface area contributed by atoms with Crippen molar-refractivity contribution in [3.05, 3.63) is 76.9 Å². The van der Waals surface area contributed by atoms with Crippen molar-refractivity contribution in [1.82, 2.24) is 5.32 Å². The molecule has 0 aromatic heterocycles. The molecular formula is C25H28N2. The fourth-order valence-corrected chi connectivity index (χ4v) is 5.14. The van der Waals surface area contributed by atoms with Crippen LogP contribution in [0.2, 0.25) is 0 Å². The number of benzene rings is 3. The van der Waals surface area contributed by atoms with E-state index in [2.05, 4.69) is 65.2 Å². The van der Waals surface area contributed by atoms with E-state index < -0.39 is 0 Å². The van der Waals surface area contributed by atoms with E-state index in [9.17, 15) is 0 Å². The van der Waals surface area contributed by atoms with Gasteiger partial charge in [0.25, 0.3) is 0 Å². The van der Waals surface area contributed by atoms with Crippen LogP contribution in [0.5, 0.6) is 0 Å². The van der Waals surface area contributed by atoms with Crippen LogP contribution < -0.4 is 10.6 Å². The van der Waals surface area contributed by atoms with Crippen LogP contribution in [-0.2, 0) is 19.5 Å². The third-order valence-corrected chi connectivity index (χ3v) is 6.36. The minimum Gasteiger partial charge on any atom is -0.385 e. The first kappa shape index (κ1) is 16.8. The minimum absolute atomic E-state index is 0.852. The predicted molar refractivity (Wildman–Crippen MR) is 114 cm³/mol. The summed E-state index contributed by atoms with van der Waals surface area (Å²) in [6.07, 6.45) is 6.81. The lowest BCUT2D eigenvalue weighted by Gasteiger charge is -2.25. The van der Waals surface area contributed by atoms with Gasteiger partial charge in [0.15, 0.2) is 0 Å². The molecule has 6 rings (SSSR count). The van der Waals surface area contributed by atoms with Gasteiger partial charge in [0.2, 0.25) is 0 Å². The maximum atomic E-state index is 3.56. The van der Waals surface area contributed by atoms with Crippen LogP contribution in [0.15, 0.2) is 54.6 Å². The lowest BCUT2D eigenvalue weighted by molar-refractivity contribution is 0.520. The molecular weight excluding hydrogens is 328 g/mol. The molecule has 0 saturated heterocycles. The van der Waals surface area contributed by atoms with Crippen LogP contribution in [-0.4, -0.2) is 6.54 Å². The van der Waals surface area contributed by atoms with Gasteiger partial charge in [-0.05, 0) is 77.1 Å². The van der Waals surface area contributed by atoms with Crippen molar-refractivity contribution in [2.45, 2.75) is 51.1 Å². The van der Waals surface area contributed by atoms with Crippen molar-refractivity contribution in [2.75, 3.05) is 11.9 Å². The SMILES string of the molecule is c1cc2c3c(c1)NCCCC3CCC2.c1cc2c3c(cccc3c1)CNC2. The van der Waals surface area contributed by atoms with E-state index in [1.807, 2.05) is 0 Å².